The fourth-order valence-corrected chi connectivity index (χ4v) is 2.26. The van der Waals surface area contributed by atoms with Crippen molar-refractivity contribution in [3.05, 3.63) is 24.3 Å². The summed E-state index contributed by atoms with van der Waals surface area (Å²) in [5, 5.41) is 8.47. The zero-order valence-corrected chi connectivity index (χ0v) is 10.2. The average molecular weight is 230 g/mol. The van der Waals surface area contributed by atoms with Crippen LogP contribution in [0.15, 0.2) is 24.3 Å². The molecule has 0 spiro atoms. The smallest absolute Gasteiger partial charge is 0.174 e. The molecule has 2 rings (SSSR count). The molecular weight excluding hydrogens is 212 g/mol. The molecule has 0 N–H and O–H groups in total. The third kappa shape index (κ3) is 2.91. The molecule has 0 radical (unpaired) electrons. The summed E-state index contributed by atoms with van der Waals surface area (Å²) >= 11 is 0. The molecule has 0 amide bonds. The van der Waals surface area contributed by atoms with Crippen molar-refractivity contribution in [2.45, 2.75) is 19.8 Å². The number of hydrogen-bond donors (Lipinski definition) is 0. The predicted molar refractivity (Wildman–Crippen MR) is 68.2 cm³/mol. The van der Waals surface area contributed by atoms with Crippen molar-refractivity contribution < 1.29 is 4.74 Å². The molecule has 1 saturated heterocycles. The van der Waals surface area contributed by atoms with Crippen LogP contribution in [-0.4, -0.2) is 19.7 Å². The summed E-state index contributed by atoms with van der Waals surface area (Å²) in [5.74, 6) is 1.63. The van der Waals surface area contributed by atoms with Gasteiger partial charge in [-0.1, -0.05) is 19.4 Å². The van der Waals surface area contributed by atoms with Gasteiger partial charge in [-0.2, -0.15) is 5.26 Å². The van der Waals surface area contributed by atoms with E-state index in [9.17, 15) is 0 Å². The molecule has 90 valence electrons. The Morgan fingerprint density at radius 2 is 2.29 bits per heavy atom. The van der Waals surface area contributed by atoms with Gasteiger partial charge < -0.3 is 9.64 Å². The first-order valence-electron chi connectivity index (χ1n) is 6.18. The van der Waals surface area contributed by atoms with E-state index >= 15 is 0 Å². The number of nitrogens with zero attached hydrogens (tertiary/aromatic N) is 2. The van der Waals surface area contributed by atoms with Gasteiger partial charge in [-0.3, -0.25) is 0 Å². The van der Waals surface area contributed by atoms with Gasteiger partial charge in [-0.15, -0.1) is 0 Å². The van der Waals surface area contributed by atoms with Gasteiger partial charge in [0.15, 0.2) is 6.61 Å². The second-order valence-electron chi connectivity index (χ2n) is 4.50. The summed E-state index contributed by atoms with van der Waals surface area (Å²) in [6.07, 6.45) is 2.59. The molecule has 3 heteroatoms. The Kier molecular flexibility index (Phi) is 3.87. The van der Waals surface area contributed by atoms with E-state index in [2.05, 4.69) is 17.9 Å². The number of benzene rings is 1. The maximum absolute atomic E-state index is 8.47. The largest absolute Gasteiger partial charge is 0.479 e. The number of ether oxygens (including phenoxy) is 1. The summed E-state index contributed by atoms with van der Waals surface area (Å²) in [6.45, 7) is 4.64. The fourth-order valence-electron chi connectivity index (χ4n) is 2.26. The predicted octanol–water partition coefficient (Wildman–Crippen LogP) is 2.83. The molecule has 0 atom stereocenters. The van der Waals surface area contributed by atoms with Gasteiger partial charge in [0.2, 0.25) is 0 Å². The zero-order chi connectivity index (χ0) is 12.1. The first kappa shape index (κ1) is 11.8. The number of nitriles is 1. The van der Waals surface area contributed by atoms with Crippen LogP contribution in [0.4, 0.5) is 5.69 Å². The van der Waals surface area contributed by atoms with E-state index in [1.54, 1.807) is 0 Å². The Hall–Kier alpha value is -1.69. The highest BCUT2D eigenvalue weighted by Gasteiger charge is 2.25. The third-order valence-electron chi connectivity index (χ3n) is 3.14. The summed E-state index contributed by atoms with van der Waals surface area (Å²) < 4.78 is 5.30. The zero-order valence-electron chi connectivity index (χ0n) is 10.2. The van der Waals surface area contributed by atoms with Crippen molar-refractivity contribution in [2.75, 3.05) is 24.6 Å². The lowest BCUT2D eigenvalue weighted by Crippen LogP contribution is -2.46. The molecule has 3 nitrogen and oxygen atoms in total. The highest BCUT2D eigenvalue weighted by Crippen LogP contribution is 2.29. The maximum Gasteiger partial charge on any atom is 0.174 e. The standard InChI is InChI=1S/C14H18N2O/c1-2-4-12-10-16(11-12)13-5-3-6-14(9-13)17-8-7-15/h3,5-6,9,12H,2,4,8,10-11H2,1H3. The first-order valence-corrected chi connectivity index (χ1v) is 6.18. The summed E-state index contributed by atoms with van der Waals surface area (Å²) in [6, 6.07) is 9.97. The summed E-state index contributed by atoms with van der Waals surface area (Å²) in [7, 11) is 0. The molecular formula is C14H18N2O. The monoisotopic (exact) mass is 230 g/mol. The maximum atomic E-state index is 8.47. The normalized spacial score (nSPS) is 15.2. The molecule has 0 bridgehead atoms. The van der Waals surface area contributed by atoms with E-state index in [1.807, 2.05) is 24.3 Å². The van der Waals surface area contributed by atoms with Crippen molar-refractivity contribution in [2.24, 2.45) is 5.92 Å². The molecule has 0 aliphatic carbocycles. The summed E-state index contributed by atoms with van der Waals surface area (Å²) in [4.78, 5) is 2.36. The molecule has 0 aromatic heterocycles. The number of hydrogen-bond acceptors (Lipinski definition) is 3. The highest BCUT2D eigenvalue weighted by atomic mass is 16.5. The number of anilines is 1. The lowest BCUT2D eigenvalue weighted by Gasteiger charge is -2.41. The van der Waals surface area contributed by atoms with Crippen LogP contribution in [0.1, 0.15) is 19.8 Å². The molecule has 17 heavy (non-hydrogen) atoms. The Bertz CT molecular complexity index is 405. The van der Waals surface area contributed by atoms with Gasteiger partial charge in [-0.25, -0.2) is 0 Å². The van der Waals surface area contributed by atoms with Crippen LogP contribution in [0.25, 0.3) is 0 Å². The van der Waals surface area contributed by atoms with E-state index < -0.39 is 0 Å². The highest BCUT2D eigenvalue weighted by molar-refractivity contribution is 5.52. The topological polar surface area (TPSA) is 36.3 Å². The van der Waals surface area contributed by atoms with Crippen molar-refractivity contribution in [1.29, 1.82) is 5.26 Å². The lowest BCUT2D eigenvalue weighted by molar-refractivity contribution is 0.364. The minimum absolute atomic E-state index is 0.113. The van der Waals surface area contributed by atoms with Crippen LogP contribution >= 0.6 is 0 Å². The molecule has 0 saturated carbocycles. The van der Waals surface area contributed by atoms with E-state index in [4.69, 9.17) is 10.00 Å². The van der Waals surface area contributed by atoms with Crippen molar-refractivity contribution in [3.63, 3.8) is 0 Å². The SMILES string of the molecule is CCCC1CN(c2cccc(OCC#N)c2)C1. The Labute approximate surface area is 103 Å². The second kappa shape index (κ2) is 5.58. The van der Waals surface area contributed by atoms with Crippen LogP contribution < -0.4 is 9.64 Å². The Morgan fingerprint density at radius 3 is 3.00 bits per heavy atom. The van der Waals surface area contributed by atoms with E-state index in [0.717, 1.165) is 24.8 Å². The Balaban J connectivity index is 1.92. The van der Waals surface area contributed by atoms with Gasteiger partial charge in [0.25, 0.3) is 0 Å². The van der Waals surface area contributed by atoms with Gasteiger partial charge in [-0.05, 0) is 24.5 Å². The van der Waals surface area contributed by atoms with E-state index in [1.165, 1.54) is 18.5 Å². The minimum Gasteiger partial charge on any atom is -0.479 e. The van der Waals surface area contributed by atoms with Crippen molar-refractivity contribution >= 4 is 5.69 Å². The summed E-state index contributed by atoms with van der Waals surface area (Å²) in [5.41, 5.74) is 1.20. The molecule has 1 aliphatic heterocycles. The molecule has 1 aromatic carbocycles. The van der Waals surface area contributed by atoms with Crippen LogP contribution in [0.2, 0.25) is 0 Å². The molecule has 0 unspecified atom stereocenters. The van der Waals surface area contributed by atoms with Crippen LogP contribution in [0.5, 0.6) is 5.75 Å². The van der Waals surface area contributed by atoms with Gasteiger partial charge in [0.1, 0.15) is 11.8 Å². The van der Waals surface area contributed by atoms with Crippen molar-refractivity contribution in [3.8, 4) is 11.8 Å². The lowest BCUT2D eigenvalue weighted by atomic mass is 9.94. The minimum atomic E-state index is 0.113. The van der Waals surface area contributed by atoms with Gasteiger partial charge in [0, 0.05) is 24.8 Å². The quantitative estimate of drug-likeness (QED) is 0.780. The van der Waals surface area contributed by atoms with Crippen LogP contribution in [0.3, 0.4) is 0 Å². The molecule has 1 aliphatic rings. The molecule has 1 heterocycles. The number of rotatable bonds is 5. The fraction of sp³-hybridized carbons (Fsp3) is 0.500. The van der Waals surface area contributed by atoms with Crippen LogP contribution in [-0.2, 0) is 0 Å². The average Bonchev–Trinajstić information content (AvgIpc) is 2.31. The van der Waals surface area contributed by atoms with Crippen molar-refractivity contribution in [1.82, 2.24) is 0 Å². The van der Waals surface area contributed by atoms with E-state index in [0.29, 0.717) is 0 Å². The van der Waals surface area contributed by atoms with Crippen LogP contribution in [0, 0.1) is 17.2 Å². The first-order chi connectivity index (χ1) is 8.33. The second-order valence-corrected chi connectivity index (χ2v) is 4.50. The molecule has 1 aromatic rings. The Morgan fingerprint density at radius 1 is 1.47 bits per heavy atom. The molecule has 1 fully saturated rings. The van der Waals surface area contributed by atoms with Gasteiger partial charge in [0.05, 0.1) is 0 Å². The third-order valence-corrected chi connectivity index (χ3v) is 3.14. The van der Waals surface area contributed by atoms with E-state index in [-0.39, 0.29) is 6.61 Å². The van der Waals surface area contributed by atoms with Gasteiger partial charge >= 0.3 is 0 Å².